The first kappa shape index (κ1) is 22.5. The molecule has 1 heterocycles. The molecule has 172 valence electrons. The molecule has 0 fully saturated rings. The van der Waals surface area contributed by atoms with Gasteiger partial charge in [0.2, 0.25) is 6.79 Å². The Morgan fingerprint density at radius 2 is 1.35 bits per heavy atom. The minimum Gasteiger partial charge on any atom is -0.454 e. The second-order valence-corrected chi connectivity index (χ2v) is 7.42. The summed E-state index contributed by atoms with van der Waals surface area (Å²) in [5.41, 5.74) is 1.15. The summed E-state index contributed by atoms with van der Waals surface area (Å²) < 4.78 is 10.5. The molecule has 1 aliphatic rings. The van der Waals surface area contributed by atoms with Crippen molar-refractivity contribution in [1.29, 1.82) is 0 Å². The summed E-state index contributed by atoms with van der Waals surface area (Å²) in [6, 6.07) is 21.0. The summed E-state index contributed by atoms with van der Waals surface area (Å²) in [5.74, 6) is -0.805. The number of nitrogens with zero attached hydrogens (tertiary/aromatic N) is 1. The number of amides is 2. The fourth-order valence-corrected chi connectivity index (χ4v) is 3.36. The standard InChI is InChI=1S/C25H21N3O6/c29-24(26-14-17-7-3-1-4-8-17)20(25(30)27-15-18-9-5-2-6-10-18)11-19-12-22-23(34-16-33-22)13-21(19)28(31)32/h1-13H,14-16H2,(H,26,29)(H,27,30). The molecule has 3 aromatic rings. The van der Waals surface area contributed by atoms with E-state index in [1.165, 1.54) is 18.2 Å². The molecule has 0 aromatic heterocycles. The Balaban J connectivity index is 1.64. The summed E-state index contributed by atoms with van der Waals surface area (Å²) in [6.07, 6.45) is 1.20. The lowest BCUT2D eigenvalue weighted by atomic mass is 10.1. The number of hydrogen-bond donors (Lipinski definition) is 2. The summed E-state index contributed by atoms with van der Waals surface area (Å²) in [7, 11) is 0. The minimum atomic E-state index is -0.665. The normalized spacial score (nSPS) is 11.4. The van der Waals surface area contributed by atoms with E-state index in [1.54, 1.807) is 0 Å². The Morgan fingerprint density at radius 3 is 1.85 bits per heavy atom. The van der Waals surface area contributed by atoms with E-state index in [0.29, 0.717) is 5.75 Å². The fourth-order valence-electron chi connectivity index (χ4n) is 3.36. The number of fused-ring (bicyclic) bond motifs is 1. The summed E-state index contributed by atoms with van der Waals surface area (Å²) in [5, 5.41) is 17.1. The van der Waals surface area contributed by atoms with Crippen LogP contribution >= 0.6 is 0 Å². The van der Waals surface area contributed by atoms with E-state index in [9.17, 15) is 19.7 Å². The number of benzene rings is 3. The highest BCUT2D eigenvalue weighted by Gasteiger charge is 2.25. The van der Waals surface area contributed by atoms with Crippen LogP contribution in [-0.4, -0.2) is 23.5 Å². The Kier molecular flexibility index (Phi) is 6.83. The first-order valence-electron chi connectivity index (χ1n) is 10.5. The van der Waals surface area contributed by atoms with Gasteiger partial charge in [0.05, 0.1) is 16.6 Å². The van der Waals surface area contributed by atoms with Gasteiger partial charge in [-0.3, -0.25) is 19.7 Å². The molecule has 0 atom stereocenters. The number of carbonyl (C=O) groups excluding carboxylic acids is 2. The van der Waals surface area contributed by atoms with Crippen LogP contribution in [0.1, 0.15) is 16.7 Å². The smallest absolute Gasteiger partial charge is 0.280 e. The zero-order valence-electron chi connectivity index (χ0n) is 18.0. The zero-order chi connectivity index (χ0) is 23.9. The van der Waals surface area contributed by atoms with Crippen LogP contribution in [0.4, 0.5) is 5.69 Å². The van der Waals surface area contributed by atoms with Gasteiger partial charge in [0.25, 0.3) is 17.5 Å². The van der Waals surface area contributed by atoms with Gasteiger partial charge in [-0.05, 0) is 23.3 Å². The molecule has 34 heavy (non-hydrogen) atoms. The second kappa shape index (κ2) is 10.3. The number of carbonyl (C=O) groups is 2. The van der Waals surface area contributed by atoms with Gasteiger partial charge >= 0.3 is 0 Å². The fraction of sp³-hybridized carbons (Fsp3) is 0.120. The molecule has 9 heteroatoms. The predicted molar refractivity (Wildman–Crippen MR) is 124 cm³/mol. The Bertz CT molecular complexity index is 1180. The van der Waals surface area contributed by atoms with Gasteiger partial charge in [0, 0.05) is 13.1 Å². The minimum absolute atomic E-state index is 0.0500. The van der Waals surface area contributed by atoms with Crippen molar-refractivity contribution in [3.8, 4) is 11.5 Å². The monoisotopic (exact) mass is 459 g/mol. The van der Waals surface area contributed by atoms with Crippen LogP contribution in [0.15, 0.2) is 78.4 Å². The van der Waals surface area contributed by atoms with Crippen LogP contribution in [0.25, 0.3) is 6.08 Å². The molecule has 0 aliphatic carbocycles. The van der Waals surface area contributed by atoms with E-state index >= 15 is 0 Å². The first-order valence-corrected chi connectivity index (χ1v) is 10.5. The van der Waals surface area contributed by atoms with E-state index in [4.69, 9.17) is 9.47 Å². The van der Waals surface area contributed by atoms with E-state index in [1.807, 2.05) is 60.7 Å². The molecule has 3 aromatic carbocycles. The van der Waals surface area contributed by atoms with Crippen LogP contribution in [0.5, 0.6) is 11.5 Å². The van der Waals surface area contributed by atoms with Crippen molar-refractivity contribution in [2.75, 3.05) is 6.79 Å². The molecule has 4 rings (SSSR count). The molecule has 0 spiro atoms. The lowest BCUT2D eigenvalue weighted by Gasteiger charge is -2.11. The molecule has 2 amide bonds. The molecule has 0 bridgehead atoms. The average molecular weight is 459 g/mol. The van der Waals surface area contributed by atoms with Crippen molar-refractivity contribution in [2.24, 2.45) is 0 Å². The summed E-state index contributed by atoms with van der Waals surface area (Å²) >= 11 is 0. The highest BCUT2D eigenvalue weighted by molar-refractivity contribution is 6.21. The van der Waals surface area contributed by atoms with Crippen molar-refractivity contribution < 1.29 is 24.0 Å². The van der Waals surface area contributed by atoms with Gasteiger partial charge in [0.15, 0.2) is 11.5 Å². The van der Waals surface area contributed by atoms with Crippen LogP contribution in [0, 0.1) is 10.1 Å². The average Bonchev–Trinajstić information content (AvgIpc) is 3.32. The lowest BCUT2D eigenvalue weighted by Crippen LogP contribution is -2.34. The van der Waals surface area contributed by atoms with Crippen molar-refractivity contribution in [3.05, 3.63) is 105 Å². The zero-order valence-corrected chi connectivity index (χ0v) is 18.0. The highest BCUT2D eigenvalue weighted by atomic mass is 16.7. The topological polar surface area (TPSA) is 120 Å². The molecule has 2 N–H and O–H groups in total. The quantitative estimate of drug-likeness (QED) is 0.175. The SMILES string of the molecule is O=C(NCc1ccccc1)C(=Cc1cc2c(cc1[N+](=O)[O-])OCO2)C(=O)NCc1ccccc1. The lowest BCUT2D eigenvalue weighted by molar-refractivity contribution is -0.385. The number of nitro benzene ring substituents is 1. The number of nitro groups is 1. The number of ether oxygens (including phenoxy) is 2. The van der Waals surface area contributed by atoms with Crippen LogP contribution in [-0.2, 0) is 22.7 Å². The van der Waals surface area contributed by atoms with Crippen molar-refractivity contribution in [1.82, 2.24) is 10.6 Å². The van der Waals surface area contributed by atoms with Crippen molar-refractivity contribution >= 4 is 23.6 Å². The molecular formula is C25H21N3O6. The van der Waals surface area contributed by atoms with Crippen molar-refractivity contribution in [3.63, 3.8) is 0 Å². The second-order valence-electron chi connectivity index (χ2n) is 7.42. The molecule has 0 saturated carbocycles. The van der Waals surface area contributed by atoms with Gasteiger partial charge in [0.1, 0.15) is 5.57 Å². The van der Waals surface area contributed by atoms with Gasteiger partial charge in [-0.1, -0.05) is 60.7 Å². The predicted octanol–water partition coefficient (Wildman–Crippen LogP) is 3.34. The largest absolute Gasteiger partial charge is 0.454 e. The molecule has 1 aliphatic heterocycles. The molecule has 0 radical (unpaired) electrons. The van der Waals surface area contributed by atoms with Crippen LogP contribution < -0.4 is 20.1 Å². The molecule has 9 nitrogen and oxygen atoms in total. The van der Waals surface area contributed by atoms with Gasteiger partial charge in [-0.2, -0.15) is 0 Å². The van der Waals surface area contributed by atoms with E-state index in [2.05, 4.69) is 10.6 Å². The number of rotatable bonds is 8. The van der Waals surface area contributed by atoms with Gasteiger partial charge in [-0.15, -0.1) is 0 Å². The van der Waals surface area contributed by atoms with Gasteiger partial charge < -0.3 is 20.1 Å². The number of nitrogens with one attached hydrogen (secondary N) is 2. The third kappa shape index (κ3) is 5.39. The molecule has 0 unspecified atom stereocenters. The van der Waals surface area contributed by atoms with E-state index in [-0.39, 0.29) is 42.5 Å². The Hall–Kier alpha value is -4.66. The molecule has 0 saturated heterocycles. The molecular weight excluding hydrogens is 438 g/mol. The maximum atomic E-state index is 13.0. The first-order chi connectivity index (χ1) is 16.5. The third-order valence-electron chi connectivity index (χ3n) is 5.10. The van der Waals surface area contributed by atoms with Crippen LogP contribution in [0.3, 0.4) is 0 Å². The Morgan fingerprint density at radius 1 is 0.853 bits per heavy atom. The maximum Gasteiger partial charge on any atom is 0.280 e. The van der Waals surface area contributed by atoms with Gasteiger partial charge in [-0.25, -0.2) is 0 Å². The summed E-state index contributed by atoms with van der Waals surface area (Å²) in [4.78, 5) is 37.1. The number of hydrogen-bond acceptors (Lipinski definition) is 6. The maximum absolute atomic E-state index is 13.0. The summed E-state index contributed by atoms with van der Waals surface area (Å²) in [6.45, 7) is 0.306. The van der Waals surface area contributed by atoms with Crippen LogP contribution in [0.2, 0.25) is 0 Å². The van der Waals surface area contributed by atoms with Crippen molar-refractivity contribution in [2.45, 2.75) is 13.1 Å². The van der Waals surface area contributed by atoms with E-state index in [0.717, 1.165) is 11.1 Å². The van der Waals surface area contributed by atoms with E-state index < -0.39 is 16.7 Å². The third-order valence-corrected chi connectivity index (χ3v) is 5.10. The Labute approximate surface area is 195 Å². The highest BCUT2D eigenvalue weighted by Crippen LogP contribution is 2.38.